The predicted molar refractivity (Wildman–Crippen MR) is 45.0 cm³/mol. The minimum atomic E-state index is 1.13. The van der Waals surface area contributed by atoms with Gasteiger partial charge in [0, 0.05) is 0 Å². The third-order valence-corrected chi connectivity index (χ3v) is 1.74. The minimum absolute atomic E-state index is 1.13. The predicted octanol–water partition coefficient (Wildman–Crippen LogP) is 1.87. The smallest absolute Gasteiger partial charge is 0.00488 e. The van der Waals surface area contributed by atoms with Crippen molar-refractivity contribution in [2.24, 2.45) is 0 Å². The second-order valence-corrected chi connectivity index (χ2v) is 2.62. The SMILES string of the molecule is CNCCCC1=CCC=C1. The van der Waals surface area contributed by atoms with Gasteiger partial charge in [-0.3, -0.25) is 0 Å². The summed E-state index contributed by atoms with van der Waals surface area (Å²) in [6, 6.07) is 0. The topological polar surface area (TPSA) is 12.0 Å². The van der Waals surface area contributed by atoms with Crippen LogP contribution in [0.2, 0.25) is 0 Å². The fraction of sp³-hybridized carbons (Fsp3) is 0.556. The molecule has 0 unspecified atom stereocenters. The summed E-state index contributed by atoms with van der Waals surface area (Å²) >= 11 is 0. The van der Waals surface area contributed by atoms with E-state index in [-0.39, 0.29) is 0 Å². The first-order valence-corrected chi connectivity index (χ1v) is 3.93. The molecule has 1 N–H and O–H groups in total. The number of nitrogens with one attached hydrogen (secondary N) is 1. The first-order chi connectivity index (χ1) is 4.93. The van der Waals surface area contributed by atoms with Gasteiger partial charge in [0.25, 0.3) is 0 Å². The fourth-order valence-electron chi connectivity index (χ4n) is 1.16. The molecule has 0 aromatic rings. The highest BCUT2D eigenvalue weighted by Crippen LogP contribution is 2.13. The van der Waals surface area contributed by atoms with Gasteiger partial charge in [-0.25, -0.2) is 0 Å². The van der Waals surface area contributed by atoms with E-state index in [1.807, 2.05) is 7.05 Å². The molecule has 0 radical (unpaired) electrons. The summed E-state index contributed by atoms with van der Waals surface area (Å²) in [6.45, 7) is 1.13. The highest BCUT2D eigenvalue weighted by atomic mass is 14.8. The van der Waals surface area contributed by atoms with Gasteiger partial charge in [0.15, 0.2) is 0 Å². The number of allylic oxidation sites excluding steroid dienone is 4. The number of hydrogen-bond donors (Lipinski definition) is 1. The molecule has 1 aliphatic rings. The van der Waals surface area contributed by atoms with Crippen molar-refractivity contribution in [2.45, 2.75) is 19.3 Å². The van der Waals surface area contributed by atoms with Gasteiger partial charge in [-0.05, 0) is 32.9 Å². The van der Waals surface area contributed by atoms with Crippen LogP contribution in [-0.4, -0.2) is 13.6 Å². The molecule has 1 nitrogen and oxygen atoms in total. The van der Waals surface area contributed by atoms with E-state index in [0.717, 1.165) is 13.0 Å². The zero-order chi connectivity index (χ0) is 7.23. The zero-order valence-electron chi connectivity index (χ0n) is 6.56. The molecule has 10 heavy (non-hydrogen) atoms. The van der Waals surface area contributed by atoms with Crippen molar-refractivity contribution in [3.63, 3.8) is 0 Å². The van der Waals surface area contributed by atoms with E-state index in [9.17, 15) is 0 Å². The highest BCUT2D eigenvalue weighted by molar-refractivity contribution is 5.25. The van der Waals surface area contributed by atoms with Crippen LogP contribution in [0.25, 0.3) is 0 Å². The van der Waals surface area contributed by atoms with E-state index in [1.54, 1.807) is 0 Å². The van der Waals surface area contributed by atoms with Crippen LogP contribution >= 0.6 is 0 Å². The zero-order valence-corrected chi connectivity index (χ0v) is 6.56. The van der Waals surface area contributed by atoms with Crippen molar-refractivity contribution in [3.8, 4) is 0 Å². The molecule has 0 saturated heterocycles. The molecule has 0 saturated carbocycles. The maximum absolute atomic E-state index is 3.14. The molecule has 0 atom stereocenters. The molecule has 1 heteroatoms. The van der Waals surface area contributed by atoms with E-state index in [4.69, 9.17) is 0 Å². The molecule has 0 spiro atoms. The van der Waals surface area contributed by atoms with Crippen LogP contribution in [0, 0.1) is 0 Å². The van der Waals surface area contributed by atoms with Gasteiger partial charge >= 0.3 is 0 Å². The Morgan fingerprint density at radius 3 is 3.10 bits per heavy atom. The molecule has 0 aromatic heterocycles. The first-order valence-electron chi connectivity index (χ1n) is 3.93. The lowest BCUT2D eigenvalue weighted by Crippen LogP contribution is -2.07. The summed E-state index contributed by atoms with van der Waals surface area (Å²) in [6.07, 6.45) is 10.4. The Morgan fingerprint density at radius 2 is 2.50 bits per heavy atom. The molecule has 0 bridgehead atoms. The molecule has 1 aliphatic carbocycles. The lowest BCUT2D eigenvalue weighted by molar-refractivity contribution is 0.727. The Bertz CT molecular complexity index is 145. The van der Waals surface area contributed by atoms with E-state index in [0.29, 0.717) is 0 Å². The van der Waals surface area contributed by atoms with Crippen LogP contribution in [0.1, 0.15) is 19.3 Å². The standard InChI is InChI=1S/C9H15N/c1-10-8-4-7-9-5-2-3-6-9/h2,5-6,10H,3-4,7-8H2,1H3. The molecule has 1 rings (SSSR count). The average molecular weight is 137 g/mol. The van der Waals surface area contributed by atoms with E-state index in [1.165, 1.54) is 18.4 Å². The number of rotatable bonds is 4. The van der Waals surface area contributed by atoms with Crippen molar-refractivity contribution < 1.29 is 0 Å². The largest absolute Gasteiger partial charge is 0.320 e. The molecular formula is C9H15N. The van der Waals surface area contributed by atoms with Crippen LogP contribution < -0.4 is 5.32 Å². The monoisotopic (exact) mass is 137 g/mol. The molecule has 0 amide bonds. The van der Waals surface area contributed by atoms with Crippen molar-refractivity contribution in [1.29, 1.82) is 0 Å². The number of hydrogen-bond acceptors (Lipinski definition) is 1. The van der Waals surface area contributed by atoms with Gasteiger partial charge < -0.3 is 5.32 Å². The Morgan fingerprint density at radius 1 is 1.60 bits per heavy atom. The van der Waals surface area contributed by atoms with Crippen LogP contribution in [0.5, 0.6) is 0 Å². The Labute approximate surface area is 62.8 Å². The third-order valence-electron chi connectivity index (χ3n) is 1.74. The van der Waals surface area contributed by atoms with Gasteiger partial charge in [-0.15, -0.1) is 0 Å². The van der Waals surface area contributed by atoms with E-state index < -0.39 is 0 Å². The van der Waals surface area contributed by atoms with Crippen molar-refractivity contribution in [2.75, 3.05) is 13.6 Å². The van der Waals surface area contributed by atoms with Crippen LogP contribution in [0.4, 0.5) is 0 Å². The summed E-state index contributed by atoms with van der Waals surface area (Å²) < 4.78 is 0. The van der Waals surface area contributed by atoms with Crippen molar-refractivity contribution >= 4 is 0 Å². The lowest BCUT2D eigenvalue weighted by atomic mass is 10.1. The van der Waals surface area contributed by atoms with Gasteiger partial charge in [-0.1, -0.05) is 23.8 Å². The summed E-state index contributed by atoms with van der Waals surface area (Å²) in [4.78, 5) is 0. The molecule has 56 valence electrons. The lowest BCUT2D eigenvalue weighted by Gasteiger charge is -1.97. The summed E-state index contributed by atoms with van der Waals surface area (Å²) in [5.74, 6) is 0. The van der Waals surface area contributed by atoms with Crippen LogP contribution in [0.3, 0.4) is 0 Å². The molecule has 0 heterocycles. The first kappa shape index (κ1) is 7.55. The van der Waals surface area contributed by atoms with Crippen LogP contribution in [-0.2, 0) is 0 Å². The molecule has 0 aromatic carbocycles. The Kier molecular flexibility index (Phi) is 3.23. The normalized spacial score (nSPS) is 15.9. The second-order valence-electron chi connectivity index (χ2n) is 2.62. The summed E-state index contributed by atoms with van der Waals surface area (Å²) in [7, 11) is 2.00. The van der Waals surface area contributed by atoms with E-state index >= 15 is 0 Å². The summed E-state index contributed by atoms with van der Waals surface area (Å²) in [5.41, 5.74) is 1.51. The minimum Gasteiger partial charge on any atom is -0.320 e. The third kappa shape index (κ3) is 2.36. The second kappa shape index (κ2) is 4.29. The van der Waals surface area contributed by atoms with Crippen molar-refractivity contribution in [3.05, 3.63) is 23.8 Å². The van der Waals surface area contributed by atoms with E-state index in [2.05, 4.69) is 23.5 Å². The maximum Gasteiger partial charge on any atom is -0.00488 e. The van der Waals surface area contributed by atoms with Crippen molar-refractivity contribution in [1.82, 2.24) is 5.32 Å². The molecular weight excluding hydrogens is 122 g/mol. The summed E-state index contributed by atoms with van der Waals surface area (Å²) in [5, 5.41) is 3.14. The Balaban J connectivity index is 2.08. The van der Waals surface area contributed by atoms with Gasteiger partial charge in [0.1, 0.15) is 0 Å². The average Bonchev–Trinajstić information content (AvgIpc) is 2.41. The Hall–Kier alpha value is -0.560. The molecule has 0 fully saturated rings. The van der Waals surface area contributed by atoms with Gasteiger partial charge in [-0.2, -0.15) is 0 Å². The fourth-order valence-corrected chi connectivity index (χ4v) is 1.16. The van der Waals surface area contributed by atoms with Gasteiger partial charge in [0.05, 0.1) is 0 Å². The highest BCUT2D eigenvalue weighted by Gasteiger charge is 1.95. The quantitative estimate of drug-likeness (QED) is 0.583. The van der Waals surface area contributed by atoms with Gasteiger partial charge in [0.2, 0.25) is 0 Å². The molecule has 0 aliphatic heterocycles. The maximum atomic E-state index is 3.14. The van der Waals surface area contributed by atoms with Crippen LogP contribution in [0.15, 0.2) is 23.8 Å².